The lowest BCUT2D eigenvalue weighted by Crippen LogP contribution is -2.00. The van der Waals surface area contributed by atoms with Gasteiger partial charge in [-0.2, -0.15) is 0 Å². The van der Waals surface area contributed by atoms with Gasteiger partial charge in [0.15, 0.2) is 0 Å². The first-order chi connectivity index (χ1) is 7.81. The molecule has 0 saturated carbocycles. The first kappa shape index (κ1) is 11.5. The lowest BCUT2D eigenvalue weighted by Gasteiger charge is -2.09. The topological polar surface area (TPSA) is 42.4 Å². The predicted molar refractivity (Wildman–Crippen MR) is 65.7 cm³/mol. The summed E-state index contributed by atoms with van der Waals surface area (Å²) in [5.41, 5.74) is 1.89. The molecule has 0 aliphatic carbocycles. The van der Waals surface area contributed by atoms with E-state index in [9.17, 15) is 5.11 Å². The number of ether oxygens (including phenoxy) is 1. The van der Waals surface area contributed by atoms with Crippen LogP contribution in [-0.4, -0.2) is 23.8 Å². The number of hydrogen-bond donors (Lipinski definition) is 1. The highest BCUT2D eigenvalue weighted by atomic mass is 32.1. The molecule has 0 radical (unpaired) electrons. The Kier molecular flexibility index (Phi) is 3.88. The lowest BCUT2D eigenvalue weighted by atomic mass is 10.1. The maximum atomic E-state index is 9.95. The normalized spacial score (nSPS) is 13.1. The Balaban J connectivity index is 2.07. The third-order valence-corrected chi connectivity index (χ3v) is 3.39. The summed E-state index contributed by atoms with van der Waals surface area (Å²) in [6.07, 6.45) is 2.90. The molecule has 0 bridgehead atoms. The molecule has 0 fully saturated rings. The highest BCUT2D eigenvalue weighted by Crippen LogP contribution is 2.24. The minimum absolute atomic E-state index is 0.436. The fourth-order valence-corrected chi connectivity index (χ4v) is 2.42. The molecule has 3 nitrogen and oxygen atoms in total. The van der Waals surface area contributed by atoms with Gasteiger partial charge in [0.1, 0.15) is 0 Å². The maximum Gasteiger partial charge on any atom is 0.0809 e. The summed E-state index contributed by atoms with van der Waals surface area (Å²) in [5, 5.41) is 12.0. The summed E-state index contributed by atoms with van der Waals surface area (Å²) in [6.45, 7) is 0.686. The fraction of sp³-hybridized carbons (Fsp3) is 0.417. The van der Waals surface area contributed by atoms with Crippen molar-refractivity contribution in [1.29, 1.82) is 0 Å². The Hall–Kier alpha value is -0.970. The van der Waals surface area contributed by atoms with Crippen LogP contribution < -0.4 is 0 Å². The van der Waals surface area contributed by atoms with E-state index < -0.39 is 6.10 Å². The first-order valence-corrected chi connectivity index (χ1v) is 6.19. The molecule has 1 atom stereocenters. The molecule has 0 aliphatic heterocycles. The van der Waals surface area contributed by atoms with Crippen LogP contribution in [0.15, 0.2) is 23.7 Å². The minimum atomic E-state index is -0.436. The van der Waals surface area contributed by atoms with Crippen molar-refractivity contribution < 1.29 is 9.84 Å². The van der Waals surface area contributed by atoms with Crippen molar-refractivity contribution in [2.75, 3.05) is 13.7 Å². The van der Waals surface area contributed by atoms with E-state index in [2.05, 4.69) is 4.98 Å². The molecule has 2 rings (SSSR count). The highest BCUT2D eigenvalue weighted by Gasteiger charge is 2.08. The van der Waals surface area contributed by atoms with Crippen molar-refractivity contribution in [3.05, 3.63) is 29.3 Å². The molecule has 0 aromatic carbocycles. The fourth-order valence-electron chi connectivity index (χ4n) is 1.63. The van der Waals surface area contributed by atoms with Gasteiger partial charge in [-0.05, 0) is 30.4 Å². The minimum Gasteiger partial charge on any atom is -0.388 e. The van der Waals surface area contributed by atoms with Gasteiger partial charge < -0.3 is 9.84 Å². The number of aromatic nitrogens is 1. The largest absolute Gasteiger partial charge is 0.388 e. The van der Waals surface area contributed by atoms with E-state index in [0.29, 0.717) is 13.0 Å². The average molecular weight is 237 g/mol. The van der Waals surface area contributed by atoms with Gasteiger partial charge in [-0.15, -0.1) is 11.3 Å². The van der Waals surface area contributed by atoms with Gasteiger partial charge in [0.05, 0.1) is 16.3 Å². The van der Waals surface area contributed by atoms with Crippen LogP contribution >= 0.6 is 11.3 Å². The van der Waals surface area contributed by atoms with E-state index in [0.717, 1.165) is 22.2 Å². The molecule has 2 aromatic heterocycles. The summed E-state index contributed by atoms with van der Waals surface area (Å²) in [7, 11) is 1.67. The maximum absolute atomic E-state index is 9.95. The molecule has 86 valence electrons. The van der Waals surface area contributed by atoms with E-state index in [4.69, 9.17) is 4.74 Å². The number of aliphatic hydroxyl groups is 1. The molecule has 0 aliphatic rings. The second kappa shape index (κ2) is 5.39. The van der Waals surface area contributed by atoms with E-state index in [1.807, 2.05) is 17.5 Å². The molecule has 0 spiro atoms. The zero-order valence-electron chi connectivity index (χ0n) is 9.22. The second-order valence-corrected chi connectivity index (χ2v) is 4.67. The number of fused-ring (bicyclic) bond motifs is 1. The van der Waals surface area contributed by atoms with Crippen molar-refractivity contribution in [3.63, 3.8) is 0 Å². The molecular weight excluding hydrogens is 222 g/mol. The van der Waals surface area contributed by atoms with Crippen LogP contribution in [0.5, 0.6) is 0 Å². The lowest BCUT2D eigenvalue weighted by molar-refractivity contribution is 0.136. The van der Waals surface area contributed by atoms with E-state index in [1.54, 1.807) is 24.6 Å². The van der Waals surface area contributed by atoms with Crippen LogP contribution in [0.4, 0.5) is 0 Å². The first-order valence-electron chi connectivity index (χ1n) is 5.31. The van der Waals surface area contributed by atoms with Crippen LogP contribution in [0.3, 0.4) is 0 Å². The number of hydrogen-bond acceptors (Lipinski definition) is 4. The number of rotatable bonds is 5. The standard InChI is InChI=1S/C12H15NO2S/c1-15-5-2-3-11(14)9-7-12-10(13-8-9)4-6-16-12/h4,6-8,11,14H,2-3,5H2,1H3. The van der Waals surface area contributed by atoms with Gasteiger partial charge in [-0.25, -0.2) is 0 Å². The van der Waals surface area contributed by atoms with Gasteiger partial charge in [-0.3, -0.25) is 4.98 Å². The van der Waals surface area contributed by atoms with Gasteiger partial charge in [-0.1, -0.05) is 0 Å². The smallest absolute Gasteiger partial charge is 0.0809 e. The van der Waals surface area contributed by atoms with E-state index in [-0.39, 0.29) is 0 Å². The third kappa shape index (κ3) is 2.58. The molecule has 1 N–H and O–H groups in total. The summed E-state index contributed by atoms with van der Waals surface area (Å²) in [5.74, 6) is 0. The van der Waals surface area contributed by atoms with E-state index >= 15 is 0 Å². The zero-order chi connectivity index (χ0) is 11.4. The van der Waals surface area contributed by atoms with Crippen molar-refractivity contribution in [1.82, 2.24) is 4.98 Å². The van der Waals surface area contributed by atoms with Crippen LogP contribution in [0.25, 0.3) is 10.2 Å². The molecule has 0 amide bonds. The Bertz CT molecular complexity index is 455. The number of thiophene rings is 1. The molecule has 0 saturated heterocycles. The Morgan fingerprint density at radius 2 is 2.44 bits per heavy atom. The van der Waals surface area contributed by atoms with Gasteiger partial charge in [0, 0.05) is 25.5 Å². The van der Waals surface area contributed by atoms with Crippen molar-refractivity contribution in [2.45, 2.75) is 18.9 Å². The Morgan fingerprint density at radius 3 is 3.25 bits per heavy atom. The van der Waals surface area contributed by atoms with Crippen LogP contribution in [-0.2, 0) is 4.74 Å². The van der Waals surface area contributed by atoms with Crippen LogP contribution in [0.1, 0.15) is 24.5 Å². The molecule has 2 aromatic rings. The number of methoxy groups -OCH3 is 1. The van der Waals surface area contributed by atoms with E-state index in [1.165, 1.54) is 0 Å². The summed E-state index contributed by atoms with van der Waals surface area (Å²) < 4.78 is 6.09. The Morgan fingerprint density at radius 1 is 1.56 bits per heavy atom. The zero-order valence-corrected chi connectivity index (χ0v) is 10.0. The van der Waals surface area contributed by atoms with Crippen LogP contribution in [0.2, 0.25) is 0 Å². The quantitative estimate of drug-likeness (QED) is 0.813. The SMILES string of the molecule is COCCCC(O)c1cnc2ccsc2c1. The molecule has 4 heteroatoms. The van der Waals surface area contributed by atoms with Crippen LogP contribution in [0, 0.1) is 0 Å². The number of nitrogens with zero attached hydrogens (tertiary/aromatic N) is 1. The van der Waals surface area contributed by atoms with Gasteiger partial charge in [0.2, 0.25) is 0 Å². The summed E-state index contributed by atoms with van der Waals surface area (Å²) in [4.78, 5) is 4.31. The molecular formula is C12H15NO2S. The van der Waals surface area contributed by atoms with Gasteiger partial charge in [0.25, 0.3) is 0 Å². The molecule has 1 unspecified atom stereocenters. The second-order valence-electron chi connectivity index (χ2n) is 3.72. The number of pyridine rings is 1. The predicted octanol–water partition coefficient (Wildman–Crippen LogP) is 2.76. The highest BCUT2D eigenvalue weighted by molar-refractivity contribution is 7.17. The summed E-state index contributed by atoms with van der Waals surface area (Å²) in [6, 6.07) is 4.01. The van der Waals surface area contributed by atoms with Crippen molar-refractivity contribution in [2.24, 2.45) is 0 Å². The van der Waals surface area contributed by atoms with Crippen molar-refractivity contribution >= 4 is 21.6 Å². The molecule has 16 heavy (non-hydrogen) atoms. The summed E-state index contributed by atoms with van der Waals surface area (Å²) >= 11 is 1.65. The Labute approximate surface area is 98.7 Å². The van der Waals surface area contributed by atoms with Crippen molar-refractivity contribution in [3.8, 4) is 0 Å². The monoisotopic (exact) mass is 237 g/mol. The number of aliphatic hydroxyl groups excluding tert-OH is 1. The average Bonchev–Trinajstić information content (AvgIpc) is 2.76. The molecule has 2 heterocycles. The third-order valence-electron chi connectivity index (χ3n) is 2.53. The van der Waals surface area contributed by atoms with Gasteiger partial charge >= 0.3 is 0 Å².